The number of benzene rings is 1. The highest BCUT2D eigenvalue weighted by molar-refractivity contribution is 6.33. The van der Waals surface area contributed by atoms with E-state index in [1.165, 1.54) is 18.9 Å². The van der Waals surface area contributed by atoms with Crippen molar-refractivity contribution >= 4 is 23.3 Å². The molecule has 1 saturated carbocycles. The zero-order valence-electron chi connectivity index (χ0n) is 8.16. The Labute approximate surface area is 93.1 Å². The molecule has 0 heterocycles. The van der Waals surface area contributed by atoms with E-state index in [4.69, 9.17) is 16.7 Å². The smallest absolute Gasteiger partial charge is 0.335 e. The molecule has 2 N–H and O–H groups in total. The Morgan fingerprint density at radius 1 is 1.53 bits per heavy atom. The molecule has 0 bridgehead atoms. The summed E-state index contributed by atoms with van der Waals surface area (Å²) in [6.07, 6.45) is 2.55. The van der Waals surface area contributed by atoms with Gasteiger partial charge in [-0.15, -0.1) is 0 Å². The van der Waals surface area contributed by atoms with Crippen molar-refractivity contribution in [3.05, 3.63) is 28.8 Å². The average molecular weight is 226 g/mol. The lowest BCUT2D eigenvalue weighted by molar-refractivity contribution is 0.0697. The fourth-order valence-corrected chi connectivity index (χ4v) is 1.62. The molecule has 1 aliphatic carbocycles. The van der Waals surface area contributed by atoms with Gasteiger partial charge < -0.3 is 10.4 Å². The number of rotatable bonds is 4. The van der Waals surface area contributed by atoms with Crippen LogP contribution in [0.4, 0.5) is 5.69 Å². The van der Waals surface area contributed by atoms with Crippen molar-refractivity contribution in [2.45, 2.75) is 12.8 Å². The van der Waals surface area contributed by atoms with Gasteiger partial charge in [0.05, 0.1) is 16.3 Å². The van der Waals surface area contributed by atoms with Crippen LogP contribution in [0.5, 0.6) is 0 Å². The van der Waals surface area contributed by atoms with Gasteiger partial charge in [-0.3, -0.25) is 0 Å². The highest BCUT2D eigenvalue weighted by Gasteiger charge is 2.20. The lowest BCUT2D eigenvalue weighted by Crippen LogP contribution is -2.04. The van der Waals surface area contributed by atoms with Crippen LogP contribution in [0.2, 0.25) is 5.02 Å². The number of carbonyl (C=O) groups is 1. The summed E-state index contributed by atoms with van der Waals surface area (Å²) in [5.41, 5.74) is 1.03. The molecule has 1 aliphatic rings. The summed E-state index contributed by atoms with van der Waals surface area (Å²) in [7, 11) is 0. The van der Waals surface area contributed by atoms with Crippen LogP contribution in [-0.2, 0) is 0 Å². The predicted octanol–water partition coefficient (Wildman–Crippen LogP) is 2.86. The van der Waals surface area contributed by atoms with Gasteiger partial charge in [-0.1, -0.05) is 11.6 Å². The minimum absolute atomic E-state index is 0.219. The third-order valence-corrected chi connectivity index (χ3v) is 2.81. The quantitative estimate of drug-likeness (QED) is 0.829. The molecular formula is C11H12ClNO2. The summed E-state index contributed by atoms with van der Waals surface area (Å²) in [6, 6.07) is 4.75. The SMILES string of the molecule is O=C(O)c1ccc(NCC2CC2)c(Cl)c1. The van der Waals surface area contributed by atoms with E-state index in [2.05, 4.69) is 5.32 Å². The molecular weight excluding hydrogens is 214 g/mol. The Morgan fingerprint density at radius 2 is 2.27 bits per heavy atom. The normalized spacial score (nSPS) is 15.0. The number of halogens is 1. The summed E-state index contributed by atoms with van der Waals surface area (Å²) >= 11 is 5.95. The molecule has 3 nitrogen and oxygen atoms in total. The first kappa shape index (κ1) is 10.3. The van der Waals surface area contributed by atoms with Crippen LogP contribution in [0.1, 0.15) is 23.2 Å². The maximum Gasteiger partial charge on any atom is 0.335 e. The van der Waals surface area contributed by atoms with E-state index in [-0.39, 0.29) is 5.56 Å². The minimum atomic E-state index is -0.953. The van der Waals surface area contributed by atoms with Crippen LogP contribution < -0.4 is 5.32 Å². The molecule has 2 rings (SSSR count). The number of nitrogens with one attached hydrogen (secondary N) is 1. The van der Waals surface area contributed by atoms with E-state index in [1.54, 1.807) is 12.1 Å². The summed E-state index contributed by atoms with van der Waals surface area (Å²) in [4.78, 5) is 10.7. The largest absolute Gasteiger partial charge is 0.478 e. The molecule has 4 heteroatoms. The Morgan fingerprint density at radius 3 is 2.80 bits per heavy atom. The Kier molecular flexibility index (Phi) is 2.82. The van der Waals surface area contributed by atoms with Gasteiger partial charge in [0.25, 0.3) is 0 Å². The summed E-state index contributed by atoms with van der Waals surface area (Å²) < 4.78 is 0. The Bertz CT molecular complexity index is 388. The van der Waals surface area contributed by atoms with Gasteiger partial charge in [0.15, 0.2) is 0 Å². The topological polar surface area (TPSA) is 49.3 Å². The van der Waals surface area contributed by atoms with E-state index >= 15 is 0 Å². The monoisotopic (exact) mass is 225 g/mol. The van der Waals surface area contributed by atoms with Crippen molar-refractivity contribution in [3.63, 3.8) is 0 Å². The minimum Gasteiger partial charge on any atom is -0.478 e. The molecule has 1 fully saturated rings. The van der Waals surface area contributed by atoms with Gasteiger partial charge in [0.2, 0.25) is 0 Å². The van der Waals surface area contributed by atoms with E-state index in [0.29, 0.717) is 5.02 Å². The molecule has 0 aliphatic heterocycles. The lowest BCUT2D eigenvalue weighted by Gasteiger charge is -2.07. The van der Waals surface area contributed by atoms with Crippen molar-refractivity contribution in [1.29, 1.82) is 0 Å². The highest BCUT2D eigenvalue weighted by atomic mass is 35.5. The van der Waals surface area contributed by atoms with Crippen molar-refractivity contribution in [2.24, 2.45) is 5.92 Å². The summed E-state index contributed by atoms with van der Waals surface area (Å²) in [6.45, 7) is 0.923. The molecule has 0 atom stereocenters. The molecule has 0 saturated heterocycles. The summed E-state index contributed by atoms with van der Waals surface area (Å²) in [5.74, 6) is -0.189. The van der Waals surface area contributed by atoms with E-state index in [9.17, 15) is 4.79 Å². The van der Waals surface area contributed by atoms with Crippen LogP contribution in [0.3, 0.4) is 0 Å². The molecule has 15 heavy (non-hydrogen) atoms. The average Bonchev–Trinajstić information content (AvgIpc) is 2.99. The lowest BCUT2D eigenvalue weighted by atomic mass is 10.2. The molecule has 0 aromatic heterocycles. The standard InChI is InChI=1S/C11H12ClNO2/c12-9-5-8(11(14)15)3-4-10(9)13-6-7-1-2-7/h3-5,7,13H,1-2,6H2,(H,14,15). The fourth-order valence-electron chi connectivity index (χ4n) is 1.37. The van der Waals surface area contributed by atoms with Crippen LogP contribution in [0.15, 0.2) is 18.2 Å². The van der Waals surface area contributed by atoms with Gasteiger partial charge >= 0.3 is 5.97 Å². The number of anilines is 1. The first-order valence-corrected chi connectivity index (χ1v) is 5.31. The number of carboxylic acid groups (broad SMARTS) is 1. The maximum absolute atomic E-state index is 10.7. The number of aromatic carboxylic acids is 1. The second kappa shape index (κ2) is 4.11. The first-order chi connectivity index (χ1) is 7.16. The van der Waals surface area contributed by atoms with E-state index < -0.39 is 5.97 Å². The zero-order valence-corrected chi connectivity index (χ0v) is 8.92. The van der Waals surface area contributed by atoms with Gasteiger partial charge in [0, 0.05) is 6.54 Å². The van der Waals surface area contributed by atoms with Gasteiger partial charge in [-0.2, -0.15) is 0 Å². The highest BCUT2D eigenvalue weighted by Crippen LogP contribution is 2.30. The fraction of sp³-hybridized carbons (Fsp3) is 0.364. The van der Waals surface area contributed by atoms with Gasteiger partial charge in [-0.05, 0) is 37.0 Å². The number of carboxylic acids is 1. The van der Waals surface area contributed by atoms with E-state index in [1.807, 2.05) is 0 Å². The molecule has 1 aromatic rings. The zero-order chi connectivity index (χ0) is 10.8. The molecule has 80 valence electrons. The molecule has 0 unspecified atom stereocenters. The molecule has 0 spiro atoms. The third-order valence-electron chi connectivity index (χ3n) is 2.49. The molecule has 0 radical (unpaired) electrons. The van der Waals surface area contributed by atoms with Gasteiger partial charge in [-0.25, -0.2) is 4.79 Å². The van der Waals surface area contributed by atoms with Crippen molar-refractivity contribution in [1.82, 2.24) is 0 Å². The van der Waals surface area contributed by atoms with Crippen molar-refractivity contribution in [2.75, 3.05) is 11.9 Å². The Balaban J connectivity index is 2.07. The van der Waals surface area contributed by atoms with Crippen LogP contribution in [0.25, 0.3) is 0 Å². The Hall–Kier alpha value is -1.22. The van der Waals surface area contributed by atoms with Gasteiger partial charge in [0.1, 0.15) is 0 Å². The first-order valence-electron chi connectivity index (χ1n) is 4.93. The van der Waals surface area contributed by atoms with E-state index in [0.717, 1.165) is 18.2 Å². The second-order valence-electron chi connectivity index (χ2n) is 3.82. The molecule has 1 aromatic carbocycles. The molecule has 0 amide bonds. The van der Waals surface area contributed by atoms with Crippen molar-refractivity contribution < 1.29 is 9.90 Å². The van der Waals surface area contributed by atoms with Crippen LogP contribution >= 0.6 is 11.6 Å². The second-order valence-corrected chi connectivity index (χ2v) is 4.23. The third kappa shape index (κ3) is 2.63. The maximum atomic E-state index is 10.7. The number of hydrogen-bond acceptors (Lipinski definition) is 2. The van der Waals surface area contributed by atoms with Crippen molar-refractivity contribution in [3.8, 4) is 0 Å². The van der Waals surface area contributed by atoms with Crippen LogP contribution in [0, 0.1) is 5.92 Å². The summed E-state index contributed by atoms with van der Waals surface area (Å²) in [5, 5.41) is 12.4. The van der Waals surface area contributed by atoms with Crippen LogP contribution in [-0.4, -0.2) is 17.6 Å². The predicted molar refractivity (Wildman–Crippen MR) is 59.6 cm³/mol. The number of hydrogen-bond donors (Lipinski definition) is 2.